The molecule has 5 nitrogen and oxygen atoms in total. The van der Waals surface area contributed by atoms with E-state index in [4.69, 9.17) is 10.5 Å². The minimum Gasteiger partial charge on any atom is -0.481 e. The van der Waals surface area contributed by atoms with Gasteiger partial charge in [0.05, 0.1) is 13.2 Å². The van der Waals surface area contributed by atoms with Crippen LogP contribution in [0.3, 0.4) is 0 Å². The third kappa shape index (κ3) is 4.93. The summed E-state index contributed by atoms with van der Waals surface area (Å²) < 4.78 is 5.01. The topological polar surface area (TPSA) is 77.2 Å². The molecule has 1 heterocycles. The molecule has 0 saturated carbocycles. The van der Waals surface area contributed by atoms with Gasteiger partial charge in [0, 0.05) is 18.8 Å². The van der Waals surface area contributed by atoms with E-state index in [-0.39, 0.29) is 5.91 Å². The lowest BCUT2D eigenvalue weighted by Gasteiger charge is -2.11. The highest BCUT2D eigenvalue weighted by atomic mass is 32.2. The second-order valence-corrected chi connectivity index (χ2v) is 4.80. The Morgan fingerprint density at radius 3 is 3.11 bits per heavy atom. The fourth-order valence-corrected chi connectivity index (χ4v) is 1.86. The molecule has 1 aromatic heterocycles. The Hall–Kier alpha value is -1.27. The number of carbonyl (C=O) groups is 1. The third-order valence-corrected chi connectivity index (χ3v) is 3.09. The summed E-state index contributed by atoms with van der Waals surface area (Å²) in [5.74, 6) is 1.30. The highest BCUT2D eigenvalue weighted by Gasteiger charge is 2.12. The molecule has 3 N–H and O–H groups in total. The van der Waals surface area contributed by atoms with E-state index in [0.29, 0.717) is 18.8 Å². The van der Waals surface area contributed by atoms with Crippen LogP contribution in [0, 0.1) is 0 Å². The van der Waals surface area contributed by atoms with Crippen LogP contribution in [0.15, 0.2) is 18.3 Å². The Morgan fingerprint density at radius 2 is 2.44 bits per heavy atom. The average Bonchev–Trinajstić information content (AvgIpc) is 2.42. The lowest BCUT2D eigenvalue weighted by atomic mass is 10.2. The van der Waals surface area contributed by atoms with Gasteiger partial charge in [-0.3, -0.25) is 4.79 Å². The molecule has 0 aliphatic rings. The number of carbonyl (C=O) groups excluding carboxylic acids is 1. The number of methoxy groups -OCH3 is 1. The van der Waals surface area contributed by atoms with E-state index in [0.717, 1.165) is 11.3 Å². The molecule has 0 unspecified atom stereocenters. The van der Waals surface area contributed by atoms with Gasteiger partial charge in [-0.15, -0.1) is 0 Å². The van der Waals surface area contributed by atoms with Crippen molar-refractivity contribution in [1.82, 2.24) is 10.3 Å². The molecule has 1 aromatic rings. The van der Waals surface area contributed by atoms with E-state index in [1.54, 1.807) is 31.1 Å². The van der Waals surface area contributed by atoms with Gasteiger partial charge in [0.2, 0.25) is 11.8 Å². The first kappa shape index (κ1) is 14.8. The average molecular weight is 269 g/mol. The molecule has 0 fully saturated rings. The van der Waals surface area contributed by atoms with Crippen LogP contribution in [0.25, 0.3) is 0 Å². The summed E-state index contributed by atoms with van der Waals surface area (Å²) in [6.07, 6.45) is 4.33. The van der Waals surface area contributed by atoms with Crippen LogP contribution in [-0.2, 0) is 11.3 Å². The van der Waals surface area contributed by atoms with E-state index in [1.807, 2.05) is 12.3 Å². The Balaban J connectivity index is 2.41. The van der Waals surface area contributed by atoms with E-state index in [9.17, 15) is 4.79 Å². The number of thioether (sulfide) groups is 1. The smallest absolute Gasteiger partial charge is 0.237 e. The van der Waals surface area contributed by atoms with Gasteiger partial charge in [0.1, 0.15) is 0 Å². The van der Waals surface area contributed by atoms with Crippen molar-refractivity contribution in [2.24, 2.45) is 5.73 Å². The van der Waals surface area contributed by atoms with Crippen molar-refractivity contribution in [2.45, 2.75) is 19.0 Å². The summed E-state index contributed by atoms with van der Waals surface area (Å²) in [6.45, 7) is 0.435. The minimum atomic E-state index is -0.443. The molecule has 0 saturated heterocycles. The van der Waals surface area contributed by atoms with Gasteiger partial charge in [0.15, 0.2) is 0 Å². The molecule has 0 aromatic carbocycles. The number of hydrogen-bond acceptors (Lipinski definition) is 5. The molecule has 0 aliphatic carbocycles. The Labute approximate surface area is 111 Å². The van der Waals surface area contributed by atoms with Crippen molar-refractivity contribution in [3.8, 4) is 5.88 Å². The zero-order valence-corrected chi connectivity index (χ0v) is 11.5. The van der Waals surface area contributed by atoms with Crippen LogP contribution in [-0.4, -0.2) is 36.1 Å². The first-order valence-corrected chi connectivity index (χ1v) is 7.08. The van der Waals surface area contributed by atoms with Crippen LogP contribution in [0.1, 0.15) is 12.0 Å². The molecule has 1 rings (SSSR count). The van der Waals surface area contributed by atoms with Gasteiger partial charge in [0.25, 0.3) is 0 Å². The standard InChI is InChI=1S/C12H19N3O2S/c1-17-11-7-9(3-5-14-11)8-15-12(16)10(13)4-6-18-2/h3,5,7,10H,4,6,8,13H2,1-2H3,(H,15,16)/t10-/m0/s1. The summed E-state index contributed by atoms with van der Waals surface area (Å²) in [5.41, 5.74) is 6.70. The van der Waals surface area contributed by atoms with Gasteiger partial charge in [-0.1, -0.05) is 0 Å². The second-order valence-electron chi connectivity index (χ2n) is 3.81. The molecular weight excluding hydrogens is 250 g/mol. The van der Waals surface area contributed by atoms with Crippen LogP contribution in [0.5, 0.6) is 5.88 Å². The van der Waals surface area contributed by atoms with E-state index >= 15 is 0 Å². The zero-order valence-electron chi connectivity index (χ0n) is 10.7. The zero-order chi connectivity index (χ0) is 13.4. The molecule has 0 radical (unpaired) electrons. The van der Waals surface area contributed by atoms with Crippen molar-refractivity contribution in [2.75, 3.05) is 19.1 Å². The van der Waals surface area contributed by atoms with Crippen molar-refractivity contribution >= 4 is 17.7 Å². The molecule has 0 spiro atoms. The van der Waals surface area contributed by atoms with Crippen LogP contribution >= 0.6 is 11.8 Å². The molecule has 0 bridgehead atoms. The van der Waals surface area contributed by atoms with Crippen LogP contribution < -0.4 is 15.8 Å². The second kappa shape index (κ2) is 7.94. The predicted molar refractivity (Wildman–Crippen MR) is 73.6 cm³/mol. The maximum atomic E-state index is 11.7. The first-order chi connectivity index (χ1) is 8.67. The number of nitrogens with one attached hydrogen (secondary N) is 1. The Bertz CT molecular complexity index is 387. The highest BCUT2D eigenvalue weighted by molar-refractivity contribution is 7.98. The lowest BCUT2D eigenvalue weighted by Crippen LogP contribution is -2.40. The largest absolute Gasteiger partial charge is 0.481 e. The van der Waals surface area contributed by atoms with Gasteiger partial charge in [-0.25, -0.2) is 4.98 Å². The number of rotatable bonds is 7. The van der Waals surface area contributed by atoms with Crippen molar-refractivity contribution in [3.63, 3.8) is 0 Å². The quantitative estimate of drug-likeness (QED) is 0.765. The van der Waals surface area contributed by atoms with Gasteiger partial charge in [-0.05, 0) is 30.1 Å². The van der Waals surface area contributed by atoms with Crippen molar-refractivity contribution < 1.29 is 9.53 Å². The van der Waals surface area contributed by atoms with E-state index < -0.39 is 6.04 Å². The molecule has 100 valence electrons. The fraction of sp³-hybridized carbons (Fsp3) is 0.500. The van der Waals surface area contributed by atoms with Crippen molar-refractivity contribution in [3.05, 3.63) is 23.9 Å². The first-order valence-electron chi connectivity index (χ1n) is 5.68. The van der Waals surface area contributed by atoms with Crippen molar-refractivity contribution in [1.29, 1.82) is 0 Å². The maximum Gasteiger partial charge on any atom is 0.237 e. The Kier molecular flexibility index (Phi) is 6.53. The summed E-state index contributed by atoms with van der Waals surface area (Å²) in [4.78, 5) is 15.7. The number of nitrogens with two attached hydrogens (primary N) is 1. The van der Waals surface area contributed by atoms with Gasteiger partial charge in [-0.2, -0.15) is 11.8 Å². The lowest BCUT2D eigenvalue weighted by molar-refractivity contribution is -0.122. The third-order valence-electron chi connectivity index (χ3n) is 2.44. The number of amides is 1. The molecule has 18 heavy (non-hydrogen) atoms. The summed E-state index contributed by atoms with van der Waals surface area (Å²) >= 11 is 1.68. The monoisotopic (exact) mass is 269 g/mol. The number of aromatic nitrogens is 1. The predicted octanol–water partition coefficient (Wildman–Crippen LogP) is 0.787. The fourth-order valence-electron chi connectivity index (χ4n) is 1.37. The van der Waals surface area contributed by atoms with Gasteiger partial charge < -0.3 is 15.8 Å². The molecule has 1 atom stereocenters. The van der Waals surface area contributed by atoms with Crippen LogP contribution in [0.4, 0.5) is 0 Å². The molecular formula is C12H19N3O2S. The number of nitrogens with zero attached hydrogens (tertiary/aromatic N) is 1. The SMILES string of the molecule is COc1cc(CNC(=O)[C@@H](N)CCSC)ccn1. The normalized spacial score (nSPS) is 11.9. The van der Waals surface area contributed by atoms with E-state index in [1.165, 1.54) is 0 Å². The number of pyridine rings is 1. The molecule has 0 aliphatic heterocycles. The highest BCUT2D eigenvalue weighted by Crippen LogP contribution is 2.08. The molecule has 6 heteroatoms. The maximum absolute atomic E-state index is 11.7. The Morgan fingerprint density at radius 1 is 1.67 bits per heavy atom. The minimum absolute atomic E-state index is 0.125. The van der Waals surface area contributed by atoms with Crippen LogP contribution in [0.2, 0.25) is 0 Å². The van der Waals surface area contributed by atoms with Gasteiger partial charge >= 0.3 is 0 Å². The van der Waals surface area contributed by atoms with E-state index in [2.05, 4.69) is 10.3 Å². The molecule has 1 amide bonds. The summed E-state index contributed by atoms with van der Waals surface area (Å²) in [5, 5.41) is 2.80. The number of hydrogen-bond donors (Lipinski definition) is 2. The number of ether oxygens (including phenoxy) is 1. The summed E-state index contributed by atoms with van der Waals surface area (Å²) in [7, 11) is 1.56. The summed E-state index contributed by atoms with van der Waals surface area (Å²) in [6, 6.07) is 3.17.